The van der Waals surface area contributed by atoms with Gasteiger partial charge in [0.25, 0.3) is 0 Å². The van der Waals surface area contributed by atoms with E-state index in [9.17, 15) is 0 Å². The van der Waals surface area contributed by atoms with Crippen LogP contribution in [0, 0.1) is 0 Å². The number of hydrogen-bond donors (Lipinski definition) is 0. The molecule has 2 aliphatic heterocycles. The van der Waals surface area contributed by atoms with Crippen LogP contribution in [0.1, 0.15) is 28.4 Å². The number of hydrogen-bond acceptors (Lipinski definition) is 6. The summed E-state index contributed by atoms with van der Waals surface area (Å²) in [5.41, 5.74) is 3.65. The summed E-state index contributed by atoms with van der Waals surface area (Å²) in [4.78, 5) is 15.0. The van der Waals surface area contributed by atoms with Crippen LogP contribution < -0.4 is 9.64 Å². The number of ether oxygens (including phenoxy) is 1. The Balaban J connectivity index is 1.34. The van der Waals surface area contributed by atoms with E-state index in [1.807, 2.05) is 103 Å². The Hall–Kier alpha value is -4.49. The van der Waals surface area contributed by atoms with Gasteiger partial charge in [-0.3, -0.25) is 4.90 Å². The topological polar surface area (TPSA) is 47.0 Å². The molecule has 220 valence electrons. The number of fused-ring (bicyclic) bond motifs is 4. The number of para-hydroxylation sites is 3. The molecule has 8 heteroatoms. The average Bonchev–Trinajstić information content (AvgIpc) is 3.38. The SMILES string of the molecule is Clc1ccc(C2=NOC3(c4ccc(Cl)cc4)CC(c4cc5ccccc5nc4Oc4ccccc4)Sc4ccccc4N23)cc1. The largest absolute Gasteiger partial charge is 0.439 e. The molecule has 2 atom stereocenters. The molecule has 5 aromatic carbocycles. The first-order valence-electron chi connectivity index (χ1n) is 14.5. The maximum Gasteiger partial charge on any atom is 0.242 e. The van der Waals surface area contributed by atoms with Gasteiger partial charge in [-0.1, -0.05) is 89.0 Å². The molecule has 5 nitrogen and oxygen atoms in total. The van der Waals surface area contributed by atoms with E-state index in [1.54, 1.807) is 11.8 Å². The zero-order chi connectivity index (χ0) is 30.4. The van der Waals surface area contributed by atoms with Gasteiger partial charge in [0.1, 0.15) is 5.75 Å². The molecule has 0 aliphatic carbocycles. The van der Waals surface area contributed by atoms with E-state index < -0.39 is 5.72 Å². The number of halogens is 2. The molecule has 45 heavy (non-hydrogen) atoms. The number of oxime groups is 1. The molecular formula is C37H25Cl2N3O2S. The highest BCUT2D eigenvalue weighted by molar-refractivity contribution is 7.99. The van der Waals surface area contributed by atoms with Crippen molar-refractivity contribution in [2.24, 2.45) is 5.16 Å². The van der Waals surface area contributed by atoms with Crippen molar-refractivity contribution in [3.05, 3.63) is 160 Å². The molecular weight excluding hydrogens is 621 g/mol. The van der Waals surface area contributed by atoms with Gasteiger partial charge in [0.05, 0.1) is 11.2 Å². The Kier molecular flexibility index (Phi) is 7.13. The second-order valence-corrected chi connectivity index (χ2v) is 13.0. The second kappa shape index (κ2) is 11.5. The number of nitrogens with zero attached hydrogens (tertiary/aromatic N) is 3. The standard InChI is InChI=1S/C37H25Cl2N3O2S/c38-27-18-14-24(15-19-27)35-41-44-37(26-16-20-28(39)21-17-26)23-34(45-33-13-7-6-12-32(33)42(35)37)30-22-25-8-4-5-11-31(25)40-36(30)43-29-9-2-1-3-10-29/h1-22,34H,23H2. The maximum atomic E-state index is 6.67. The average molecular weight is 647 g/mol. The van der Waals surface area contributed by atoms with Crippen LogP contribution in [0.3, 0.4) is 0 Å². The van der Waals surface area contributed by atoms with Crippen LogP contribution in [0.25, 0.3) is 10.9 Å². The Morgan fingerprint density at radius 2 is 1.47 bits per heavy atom. The summed E-state index contributed by atoms with van der Waals surface area (Å²) < 4.78 is 6.53. The smallest absolute Gasteiger partial charge is 0.242 e. The highest BCUT2D eigenvalue weighted by Crippen LogP contribution is 2.57. The van der Waals surface area contributed by atoms with Gasteiger partial charge in [-0.25, -0.2) is 4.98 Å². The fourth-order valence-electron chi connectivity index (χ4n) is 5.99. The third-order valence-electron chi connectivity index (χ3n) is 8.11. The van der Waals surface area contributed by atoms with Crippen molar-refractivity contribution in [2.75, 3.05) is 4.90 Å². The van der Waals surface area contributed by atoms with Crippen LogP contribution in [0.5, 0.6) is 11.6 Å². The molecule has 0 N–H and O–H groups in total. The molecule has 2 aliphatic rings. The van der Waals surface area contributed by atoms with E-state index in [4.69, 9.17) is 42.9 Å². The molecule has 0 saturated carbocycles. The predicted octanol–water partition coefficient (Wildman–Crippen LogP) is 10.6. The number of anilines is 1. The van der Waals surface area contributed by atoms with Crippen molar-refractivity contribution >= 4 is 57.4 Å². The fraction of sp³-hybridized carbons (Fsp3) is 0.0811. The number of aromatic nitrogens is 1. The van der Waals surface area contributed by atoms with E-state index in [-0.39, 0.29) is 5.25 Å². The van der Waals surface area contributed by atoms with E-state index in [0.29, 0.717) is 28.2 Å². The van der Waals surface area contributed by atoms with Gasteiger partial charge >= 0.3 is 0 Å². The van der Waals surface area contributed by atoms with Gasteiger partial charge in [0.15, 0.2) is 5.84 Å². The summed E-state index contributed by atoms with van der Waals surface area (Å²) in [6.45, 7) is 0. The number of amidine groups is 1. The first-order valence-corrected chi connectivity index (χ1v) is 16.2. The minimum absolute atomic E-state index is 0.137. The highest BCUT2D eigenvalue weighted by atomic mass is 35.5. The second-order valence-electron chi connectivity index (χ2n) is 10.9. The van der Waals surface area contributed by atoms with Crippen molar-refractivity contribution in [3.63, 3.8) is 0 Å². The van der Waals surface area contributed by atoms with Gasteiger partial charge in [-0.05, 0) is 72.8 Å². The van der Waals surface area contributed by atoms with Crippen LogP contribution >= 0.6 is 35.0 Å². The Morgan fingerprint density at radius 3 is 2.27 bits per heavy atom. The maximum absolute atomic E-state index is 6.67. The summed E-state index contributed by atoms with van der Waals surface area (Å²) in [6.07, 6.45) is 0.528. The third kappa shape index (κ3) is 5.09. The molecule has 0 amide bonds. The molecule has 0 saturated heterocycles. The normalized spacial score (nSPS) is 18.8. The molecule has 2 unspecified atom stereocenters. The number of rotatable bonds is 5. The quantitative estimate of drug-likeness (QED) is 0.187. The van der Waals surface area contributed by atoms with E-state index >= 15 is 0 Å². The van der Waals surface area contributed by atoms with Gasteiger partial charge in [0, 0.05) is 48.7 Å². The predicted molar refractivity (Wildman–Crippen MR) is 183 cm³/mol. The zero-order valence-electron chi connectivity index (χ0n) is 23.8. The van der Waals surface area contributed by atoms with Crippen LogP contribution in [0.4, 0.5) is 5.69 Å². The summed E-state index contributed by atoms with van der Waals surface area (Å²) >= 11 is 14.5. The molecule has 0 bridgehead atoms. The van der Waals surface area contributed by atoms with Crippen LogP contribution in [-0.4, -0.2) is 10.8 Å². The molecule has 0 fully saturated rings. The Bertz CT molecular complexity index is 2060. The van der Waals surface area contributed by atoms with E-state index in [1.165, 1.54) is 0 Å². The lowest BCUT2D eigenvalue weighted by atomic mass is 9.91. The lowest BCUT2D eigenvalue weighted by molar-refractivity contribution is -0.0284. The fourth-order valence-corrected chi connectivity index (χ4v) is 7.59. The van der Waals surface area contributed by atoms with Gasteiger partial charge in [-0.2, -0.15) is 0 Å². The summed E-state index contributed by atoms with van der Waals surface area (Å²) in [5, 5.41) is 6.97. The minimum Gasteiger partial charge on any atom is -0.439 e. The molecule has 6 aromatic rings. The zero-order valence-corrected chi connectivity index (χ0v) is 26.1. The van der Waals surface area contributed by atoms with Gasteiger partial charge < -0.3 is 9.57 Å². The first kappa shape index (κ1) is 28.0. The molecule has 1 aromatic heterocycles. The van der Waals surface area contributed by atoms with Crippen molar-refractivity contribution in [2.45, 2.75) is 22.3 Å². The monoisotopic (exact) mass is 645 g/mol. The van der Waals surface area contributed by atoms with Crippen molar-refractivity contribution in [1.29, 1.82) is 0 Å². The molecule has 8 rings (SSSR count). The lowest BCUT2D eigenvalue weighted by Gasteiger charge is -2.38. The van der Waals surface area contributed by atoms with Crippen LogP contribution in [-0.2, 0) is 10.6 Å². The molecule has 0 radical (unpaired) electrons. The van der Waals surface area contributed by atoms with E-state index in [2.05, 4.69) is 35.2 Å². The van der Waals surface area contributed by atoms with E-state index in [0.717, 1.165) is 43.9 Å². The van der Waals surface area contributed by atoms with Crippen LogP contribution in [0.15, 0.2) is 144 Å². The Morgan fingerprint density at radius 1 is 0.778 bits per heavy atom. The minimum atomic E-state index is -1.00. The summed E-state index contributed by atoms with van der Waals surface area (Å²) in [6, 6.07) is 44.0. The van der Waals surface area contributed by atoms with Crippen molar-refractivity contribution < 1.29 is 9.57 Å². The van der Waals surface area contributed by atoms with Gasteiger partial charge in [0.2, 0.25) is 11.6 Å². The summed E-state index contributed by atoms with van der Waals surface area (Å²) in [5.74, 6) is 1.99. The first-order chi connectivity index (χ1) is 22.1. The van der Waals surface area contributed by atoms with Crippen LogP contribution in [0.2, 0.25) is 10.0 Å². The Labute approximate surface area is 275 Å². The van der Waals surface area contributed by atoms with Crippen molar-refractivity contribution in [1.82, 2.24) is 4.98 Å². The number of benzene rings is 5. The number of pyridine rings is 1. The lowest BCUT2D eigenvalue weighted by Crippen LogP contribution is -2.47. The highest BCUT2D eigenvalue weighted by Gasteiger charge is 2.53. The van der Waals surface area contributed by atoms with Crippen molar-refractivity contribution in [3.8, 4) is 11.6 Å². The van der Waals surface area contributed by atoms with Gasteiger partial charge in [-0.15, -0.1) is 11.8 Å². The summed E-state index contributed by atoms with van der Waals surface area (Å²) in [7, 11) is 0. The third-order valence-corrected chi connectivity index (χ3v) is 9.92. The molecule has 3 heterocycles. The number of thioether (sulfide) groups is 1. The molecule has 0 spiro atoms.